The van der Waals surface area contributed by atoms with E-state index in [1.807, 2.05) is 37.4 Å². The fraction of sp³-hybridized carbons (Fsp3) is 0.214. The summed E-state index contributed by atoms with van der Waals surface area (Å²) < 4.78 is 11.8. The largest absolute Gasteiger partial charge is 0.496 e. The Hall–Kier alpha value is -2.23. The molecule has 0 aliphatic carbocycles. The number of carbonyl (C=O) groups excluding carboxylic acids is 1. The van der Waals surface area contributed by atoms with Gasteiger partial charge in [-0.05, 0) is 24.3 Å². The first-order valence-electron chi connectivity index (χ1n) is 5.56. The van der Waals surface area contributed by atoms with Crippen LogP contribution in [0.2, 0.25) is 0 Å². The Bertz CT molecular complexity index is 572. The first-order chi connectivity index (χ1) is 8.69. The van der Waals surface area contributed by atoms with E-state index in [1.54, 1.807) is 17.7 Å². The van der Waals surface area contributed by atoms with Gasteiger partial charge in [-0.25, -0.2) is 4.79 Å². The number of rotatable bonds is 3. The van der Waals surface area contributed by atoms with Crippen molar-refractivity contribution in [1.82, 2.24) is 4.57 Å². The zero-order valence-electron chi connectivity index (χ0n) is 10.6. The molecule has 0 fully saturated rings. The third kappa shape index (κ3) is 1.97. The van der Waals surface area contributed by atoms with Gasteiger partial charge in [0.25, 0.3) is 0 Å². The van der Waals surface area contributed by atoms with Gasteiger partial charge in [-0.15, -0.1) is 0 Å². The smallest absolute Gasteiger partial charge is 0.354 e. The molecule has 0 spiro atoms. The summed E-state index contributed by atoms with van der Waals surface area (Å²) in [7, 11) is 4.83. The minimum atomic E-state index is -0.348. The normalized spacial score (nSPS) is 10.2. The predicted octanol–water partition coefficient (Wildman–Crippen LogP) is 2.49. The van der Waals surface area contributed by atoms with Crippen LogP contribution in [0, 0.1) is 0 Å². The van der Waals surface area contributed by atoms with Crippen LogP contribution in [0.3, 0.4) is 0 Å². The minimum absolute atomic E-state index is 0.348. The summed E-state index contributed by atoms with van der Waals surface area (Å²) in [6.45, 7) is 0. The summed E-state index contributed by atoms with van der Waals surface area (Å²) in [4.78, 5) is 11.6. The highest BCUT2D eigenvalue weighted by molar-refractivity contribution is 5.89. The van der Waals surface area contributed by atoms with Crippen LogP contribution in [0.15, 0.2) is 36.4 Å². The molecule has 0 amide bonds. The molecular weight excluding hydrogens is 230 g/mol. The van der Waals surface area contributed by atoms with Gasteiger partial charge in [-0.3, -0.25) is 0 Å². The molecule has 2 rings (SSSR count). The molecule has 0 atom stereocenters. The highest BCUT2D eigenvalue weighted by atomic mass is 16.5. The Morgan fingerprint density at radius 1 is 1.11 bits per heavy atom. The van der Waals surface area contributed by atoms with E-state index in [9.17, 15) is 4.79 Å². The number of carbonyl (C=O) groups is 1. The lowest BCUT2D eigenvalue weighted by atomic mass is 10.1. The fourth-order valence-corrected chi connectivity index (χ4v) is 1.95. The topological polar surface area (TPSA) is 40.5 Å². The molecule has 94 valence electrons. The van der Waals surface area contributed by atoms with Gasteiger partial charge >= 0.3 is 5.97 Å². The van der Waals surface area contributed by atoms with E-state index in [4.69, 9.17) is 9.47 Å². The lowest BCUT2D eigenvalue weighted by molar-refractivity contribution is 0.0590. The second-order valence-electron chi connectivity index (χ2n) is 3.85. The van der Waals surface area contributed by atoms with E-state index >= 15 is 0 Å². The van der Waals surface area contributed by atoms with Crippen LogP contribution in [0.25, 0.3) is 11.3 Å². The van der Waals surface area contributed by atoms with E-state index in [0.717, 1.165) is 17.0 Å². The molecule has 0 aliphatic rings. The molecule has 1 aromatic heterocycles. The third-order valence-electron chi connectivity index (χ3n) is 2.90. The van der Waals surface area contributed by atoms with Crippen LogP contribution < -0.4 is 4.74 Å². The van der Waals surface area contributed by atoms with Crippen molar-refractivity contribution in [3.05, 3.63) is 42.1 Å². The van der Waals surface area contributed by atoms with Crippen molar-refractivity contribution >= 4 is 5.97 Å². The third-order valence-corrected chi connectivity index (χ3v) is 2.90. The summed E-state index contributed by atoms with van der Waals surface area (Å²) in [5, 5.41) is 0. The number of aromatic nitrogens is 1. The zero-order valence-corrected chi connectivity index (χ0v) is 10.6. The number of ether oxygens (including phenoxy) is 2. The van der Waals surface area contributed by atoms with Gasteiger partial charge in [0.15, 0.2) is 0 Å². The second kappa shape index (κ2) is 4.96. The summed E-state index contributed by atoms with van der Waals surface area (Å²) in [6.07, 6.45) is 0. The number of hydrogen-bond acceptors (Lipinski definition) is 3. The Labute approximate surface area is 106 Å². The Morgan fingerprint density at radius 3 is 2.50 bits per heavy atom. The summed E-state index contributed by atoms with van der Waals surface area (Å²) >= 11 is 0. The number of hydrogen-bond donors (Lipinski definition) is 0. The highest BCUT2D eigenvalue weighted by Crippen LogP contribution is 2.30. The summed E-state index contributed by atoms with van der Waals surface area (Å²) in [5.41, 5.74) is 2.36. The van der Waals surface area contributed by atoms with Crippen LogP contribution in [-0.2, 0) is 11.8 Å². The van der Waals surface area contributed by atoms with Crippen LogP contribution >= 0.6 is 0 Å². The van der Waals surface area contributed by atoms with Gasteiger partial charge in [0.05, 0.1) is 19.9 Å². The first-order valence-corrected chi connectivity index (χ1v) is 5.56. The van der Waals surface area contributed by atoms with E-state index in [0.29, 0.717) is 5.69 Å². The van der Waals surface area contributed by atoms with E-state index in [2.05, 4.69) is 0 Å². The van der Waals surface area contributed by atoms with Crippen molar-refractivity contribution in [3.8, 4) is 17.0 Å². The molecule has 0 unspecified atom stereocenters. The summed E-state index contributed by atoms with van der Waals surface area (Å²) in [6, 6.07) is 11.3. The maximum atomic E-state index is 11.6. The standard InChI is InChI=1S/C14H15NO3/c1-15-11(8-9-12(15)14(16)18-3)10-6-4-5-7-13(10)17-2/h4-9H,1-3H3. The van der Waals surface area contributed by atoms with Crippen LogP contribution in [0.5, 0.6) is 5.75 Å². The van der Waals surface area contributed by atoms with E-state index < -0.39 is 0 Å². The molecule has 4 nitrogen and oxygen atoms in total. The van der Waals surface area contributed by atoms with Crippen LogP contribution in [0.1, 0.15) is 10.5 Å². The van der Waals surface area contributed by atoms with Crippen molar-refractivity contribution in [2.75, 3.05) is 14.2 Å². The Kier molecular flexibility index (Phi) is 3.37. The van der Waals surface area contributed by atoms with Crippen LogP contribution in [-0.4, -0.2) is 24.8 Å². The molecule has 0 aliphatic heterocycles. The second-order valence-corrected chi connectivity index (χ2v) is 3.85. The van der Waals surface area contributed by atoms with Crippen molar-refractivity contribution in [2.45, 2.75) is 0 Å². The fourth-order valence-electron chi connectivity index (χ4n) is 1.95. The molecule has 1 aromatic carbocycles. The lowest BCUT2D eigenvalue weighted by Crippen LogP contribution is -2.08. The lowest BCUT2D eigenvalue weighted by Gasteiger charge is -2.10. The Balaban J connectivity index is 2.52. The minimum Gasteiger partial charge on any atom is -0.496 e. The molecule has 0 bridgehead atoms. The number of nitrogens with zero attached hydrogens (tertiary/aromatic N) is 1. The summed E-state index contributed by atoms with van der Waals surface area (Å²) in [5.74, 6) is 0.425. The van der Waals surface area contributed by atoms with Gasteiger partial charge in [0.1, 0.15) is 11.4 Å². The van der Waals surface area contributed by atoms with Crippen molar-refractivity contribution in [3.63, 3.8) is 0 Å². The molecule has 0 saturated heterocycles. The highest BCUT2D eigenvalue weighted by Gasteiger charge is 2.15. The van der Waals surface area contributed by atoms with Gasteiger partial charge in [0, 0.05) is 12.6 Å². The number of esters is 1. The predicted molar refractivity (Wildman–Crippen MR) is 68.7 cm³/mol. The molecule has 0 saturated carbocycles. The van der Waals surface area contributed by atoms with Gasteiger partial charge in [-0.2, -0.15) is 0 Å². The van der Waals surface area contributed by atoms with E-state index in [-0.39, 0.29) is 5.97 Å². The van der Waals surface area contributed by atoms with Crippen molar-refractivity contribution in [2.24, 2.45) is 7.05 Å². The molecule has 18 heavy (non-hydrogen) atoms. The number of para-hydroxylation sites is 1. The maximum Gasteiger partial charge on any atom is 0.354 e. The molecule has 4 heteroatoms. The van der Waals surface area contributed by atoms with Crippen molar-refractivity contribution < 1.29 is 14.3 Å². The number of benzene rings is 1. The first kappa shape index (κ1) is 12.2. The molecule has 2 aromatic rings. The molecular formula is C14H15NO3. The quantitative estimate of drug-likeness (QED) is 0.780. The maximum absolute atomic E-state index is 11.6. The molecule has 0 N–H and O–H groups in total. The van der Waals surface area contributed by atoms with E-state index in [1.165, 1.54) is 7.11 Å². The van der Waals surface area contributed by atoms with Crippen LogP contribution in [0.4, 0.5) is 0 Å². The average molecular weight is 245 g/mol. The molecule has 0 radical (unpaired) electrons. The van der Waals surface area contributed by atoms with Gasteiger partial charge < -0.3 is 14.0 Å². The monoisotopic (exact) mass is 245 g/mol. The SMILES string of the molecule is COC(=O)c1ccc(-c2ccccc2OC)n1C. The Morgan fingerprint density at radius 2 is 1.83 bits per heavy atom. The van der Waals surface area contributed by atoms with Gasteiger partial charge in [-0.1, -0.05) is 12.1 Å². The van der Waals surface area contributed by atoms with Crippen molar-refractivity contribution in [1.29, 1.82) is 0 Å². The zero-order chi connectivity index (χ0) is 13.1. The number of methoxy groups -OCH3 is 2. The van der Waals surface area contributed by atoms with Gasteiger partial charge in [0.2, 0.25) is 0 Å². The average Bonchev–Trinajstić information content (AvgIpc) is 2.79. The molecule has 1 heterocycles.